The van der Waals surface area contributed by atoms with Gasteiger partial charge in [-0.15, -0.1) is 0 Å². The highest BCUT2D eigenvalue weighted by atomic mass is 35.5. The Hall–Kier alpha value is -0.840. The molecule has 1 fully saturated rings. The molecule has 6 heteroatoms. The van der Waals surface area contributed by atoms with E-state index in [2.05, 4.69) is 0 Å². The van der Waals surface area contributed by atoms with Crippen molar-refractivity contribution in [3.8, 4) is 0 Å². The van der Waals surface area contributed by atoms with Crippen molar-refractivity contribution in [3.05, 3.63) is 0 Å². The molecule has 1 aliphatic rings. The van der Waals surface area contributed by atoms with Crippen molar-refractivity contribution in [1.29, 1.82) is 0 Å². The van der Waals surface area contributed by atoms with Gasteiger partial charge in [-0.2, -0.15) is 0 Å². The van der Waals surface area contributed by atoms with Crippen LogP contribution in [0.5, 0.6) is 0 Å². The van der Waals surface area contributed by atoms with Crippen molar-refractivity contribution in [3.63, 3.8) is 0 Å². The first kappa shape index (κ1) is 13.2. The maximum absolute atomic E-state index is 12.8. The summed E-state index contributed by atoms with van der Waals surface area (Å²) in [7, 11) is 0. The second kappa shape index (κ2) is 4.20. The standard InChI is InChI=1S/C10H15ClFNO3/c1-5(2)6-10(3,4)16-9(15)13(6)8(14)7(11)12/h5-7H,1-4H3. The number of carbonyl (C=O) groups excluding carboxylic acids is 2. The Morgan fingerprint density at radius 1 is 1.56 bits per heavy atom. The molecule has 1 saturated heterocycles. The molecule has 2 unspecified atom stereocenters. The third kappa shape index (κ3) is 2.14. The SMILES string of the molecule is CC(C)C1N(C(=O)C(F)Cl)C(=O)OC1(C)C. The fourth-order valence-electron chi connectivity index (χ4n) is 2.19. The maximum atomic E-state index is 12.8. The zero-order chi connectivity index (χ0) is 12.7. The Morgan fingerprint density at radius 3 is 2.44 bits per heavy atom. The van der Waals surface area contributed by atoms with Crippen LogP contribution in [0.15, 0.2) is 0 Å². The van der Waals surface area contributed by atoms with E-state index >= 15 is 0 Å². The first-order valence-electron chi connectivity index (χ1n) is 5.02. The number of alkyl halides is 2. The Labute approximate surface area is 98.7 Å². The van der Waals surface area contributed by atoms with Crippen molar-refractivity contribution in [2.75, 3.05) is 0 Å². The van der Waals surface area contributed by atoms with Gasteiger partial charge in [0, 0.05) is 0 Å². The quantitative estimate of drug-likeness (QED) is 0.708. The van der Waals surface area contributed by atoms with Gasteiger partial charge in [0.1, 0.15) is 5.60 Å². The summed E-state index contributed by atoms with van der Waals surface area (Å²) in [6, 6.07) is -0.510. The highest BCUT2D eigenvalue weighted by molar-refractivity contribution is 6.30. The molecule has 2 atom stereocenters. The Morgan fingerprint density at radius 2 is 2.06 bits per heavy atom. The van der Waals surface area contributed by atoms with Crippen molar-refractivity contribution < 1.29 is 18.7 Å². The number of nitrogens with zero attached hydrogens (tertiary/aromatic N) is 1. The number of ether oxygens (including phenoxy) is 1. The molecule has 0 bridgehead atoms. The summed E-state index contributed by atoms with van der Waals surface area (Å²) in [4.78, 5) is 23.8. The number of amides is 2. The van der Waals surface area contributed by atoms with E-state index in [-0.39, 0.29) is 5.92 Å². The van der Waals surface area contributed by atoms with E-state index < -0.39 is 29.3 Å². The van der Waals surface area contributed by atoms with Gasteiger partial charge in [0.2, 0.25) is 0 Å². The average molecular weight is 252 g/mol. The van der Waals surface area contributed by atoms with Crippen molar-refractivity contribution >= 4 is 23.6 Å². The molecule has 0 N–H and O–H groups in total. The van der Waals surface area contributed by atoms with Crippen LogP contribution in [0, 0.1) is 5.92 Å². The summed E-state index contributed by atoms with van der Waals surface area (Å²) in [6.07, 6.45) is -0.836. The molecule has 0 spiro atoms. The molecule has 0 aliphatic carbocycles. The smallest absolute Gasteiger partial charge is 0.417 e. The lowest BCUT2D eigenvalue weighted by Crippen LogP contribution is -2.49. The molecule has 2 amide bonds. The summed E-state index contributed by atoms with van der Waals surface area (Å²) < 4.78 is 17.8. The minimum absolute atomic E-state index is 0.0409. The predicted molar refractivity (Wildman–Crippen MR) is 56.8 cm³/mol. The van der Waals surface area contributed by atoms with Gasteiger partial charge in [0.25, 0.3) is 11.5 Å². The minimum atomic E-state index is -2.22. The normalized spacial score (nSPS) is 25.8. The summed E-state index contributed by atoms with van der Waals surface area (Å²) in [5.74, 6) is -1.10. The van der Waals surface area contributed by atoms with Crippen molar-refractivity contribution in [2.24, 2.45) is 5.92 Å². The molecule has 0 aromatic rings. The van der Waals surface area contributed by atoms with Gasteiger partial charge in [0.05, 0.1) is 6.04 Å². The first-order valence-corrected chi connectivity index (χ1v) is 5.46. The Balaban J connectivity index is 3.07. The van der Waals surface area contributed by atoms with Crippen LogP contribution in [0.4, 0.5) is 9.18 Å². The molecule has 1 rings (SSSR count). The molecule has 0 aromatic heterocycles. The van der Waals surface area contributed by atoms with E-state index in [1.165, 1.54) is 0 Å². The first-order chi connectivity index (χ1) is 7.18. The van der Waals surface area contributed by atoms with Crippen LogP contribution in [0.1, 0.15) is 27.7 Å². The van der Waals surface area contributed by atoms with E-state index in [0.717, 1.165) is 4.90 Å². The van der Waals surface area contributed by atoms with Crippen molar-refractivity contribution in [1.82, 2.24) is 4.90 Å². The van der Waals surface area contributed by atoms with Crippen LogP contribution in [0.3, 0.4) is 0 Å². The topological polar surface area (TPSA) is 46.6 Å². The van der Waals surface area contributed by atoms with Crippen LogP contribution < -0.4 is 0 Å². The molecular formula is C10H15ClFNO3. The zero-order valence-corrected chi connectivity index (χ0v) is 10.4. The second-order valence-corrected chi connectivity index (χ2v) is 5.05. The highest BCUT2D eigenvalue weighted by Gasteiger charge is 2.52. The van der Waals surface area contributed by atoms with E-state index in [9.17, 15) is 14.0 Å². The summed E-state index contributed by atoms with van der Waals surface area (Å²) in [6.45, 7) is 7.03. The lowest BCUT2D eigenvalue weighted by atomic mass is 9.89. The molecular weight excluding hydrogens is 237 g/mol. The molecule has 4 nitrogen and oxygen atoms in total. The maximum Gasteiger partial charge on any atom is 0.417 e. The molecule has 1 heterocycles. The van der Waals surface area contributed by atoms with Gasteiger partial charge in [-0.25, -0.2) is 14.1 Å². The van der Waals surface area contributed by atoms with Crippen LogP contribution in [0.2, 0.25) is 0 Å². The van der Waals surface area contributed by atoms with Gasteiger partial charge in [-0.3, -0.25) is 4.79 Å². The van der Waals surface area contributed by atoms with Gasteiger partial charge in [-0.05, 0) is 19.8 Å². The lowest BCUT2D eigenvalue weighted by molar-refractivity contribution is -0.132. The highest BCUT2D eigenvalue weighted by Crippen LogP contribution is 2.34. The van der Waals surface area contributed by atoms with Crippen LogP contribution in [0.25, 0.3) is 0 Å². The van der Waals surface area contributed by atoms with E-state index in [0.29, 0.717) is 0 Å². The summed E-state index contributed by atoms with van der Waals surface area (Å²) in [5, 5.41) is 0. The minimum Gasteiger partial charge on any atom is -0.441 e. The van der Waals surface area contributed by atoms with Gasteiger partial charge >= 0.3 is 6.09 Å². The molecule has 0 radical (unpaired) electrons. The average Bonchev–Trinajstić information content (AvgIpc) is 2.33. The predicted octanol–water partition coefficient (Wildman–Crippen LogP) is 2.30. The Bertz CT molecular complexity index is 317. The molecule has 0 saturated carbocycles. The van der Waals surface area contributed by atoms with E-state index in [1.54, 1.807) is 13.8 Å². The van der Waals surface area contributed by atoms with Gasteiger partial charge < -0.3 is 4.74 Å². The largest absolute Gasteiger partial charge is 0.441 e. The second-order valence-electron chi connectivity index (χ2n) is 4.67. The number of imide groups is 1. The number of hydrogen-bond donors (Lipinski definition) is 0. The van der Waals surface area contributed by atoms with Crippen LogP contribution >= 0.6 is 11.6 Å². The van der Waals surface area contributed by atoms with E-state index in [4.69, 9.17) is 16.3 Å². The van der Waals surface area contributed by atoms with Crippen LogP contribution in [-0.4, -0.2) is 34.2 Å². The summed E-state index contributed by atoms with van der Waals surface area (Å²) in [5.41, 5.74) is -3.05. The number of halogens is 2. The molecule has 16 heavy (non-hydrogen) atoms. The molecule has 92 valence electrons. The monoisotopic (exact) mass is 251 g/mol. The van der Waals surface area contributed by atoms with Crippen LogP contribution in [-0.2, 0) is 9.53 Å². The zero-order valence-electron chi connectivity index (χ0n) is 9.66. The lowest BCUT2D eigenvalue weighted by Gasteiger charge is -2.30. The molecule has 1 aliphatic heterocycles. The number of rotatable bonds is 2. The van der Waals surface area contributed by atoms with Gasteiger partial charge in [-0.1, -0.05) is 25.4 Å². The number of hydrogen-bond acceptors (Lipinski definition) is 3. The molecule has 0 aromatic carbocycles. The van der Waals surface area contributed by atoms with Crippen molar-refractivity contribution in [2.45, 2.75) is 45.0 Å². The third-order valence-electron chi connectivity index (χ3n) is 2.59. The number of cyclic esters (lactones) is 1. The fourth-order valence-corrected chi connectivity index (χ4v) is 2.30. The Kier molecular flexibility index (Phi) is 3.47. The summed E-state index contributed by atoms with van der Waals surface area (Å²) >= 11 is 5.07. The fraction of sp³-hybridized carbons (Fsp3) is 0.800. The number of carbonyl (C=O) groups is 2. The third-order valence-corrected chi connectivity index (χ3v) is 2.78. The van der Waals surface area contributed by atoms with Gasteiger partial charge in [0.15, 0.2) is 0 Å². The van der Waals surface area contributed by atoms with E-state index in [1.807, 2.05) is 13.8 Å².